The molecule has 0 fully saturated rings. The van der Waals surface area contributed by atoms with Gasteiger partial charge in [-0.15, -0.1) is 0 Å². The zero-order valence-corrected chi connectivity index (χ0v) is 47.9. The summed E-state index contributed by atoms with van der Waals surface area (Å²) in [4.78, 5) is 56.1. The Morgan fingerprint density at radius 3 is 1.13 bits per heavy atom. The number of nitrogens with zero attached hydrogens (tertiary/aromatic N) is 6. The Balaban J connectivity index is 0.000000338. The van der Waals surface area contributed by atoms with Crippen LogP contribution >= 0.6 is 50.9 Å². The van der Waals surface area contributed by atoms with E-state index in [0.717, 1.165) is 12.2 Å². The number of esters is 3. The number of hydrogen-bond donors (Lipinski definition) is 5. The maximum atomic E-state index is 12.9. The molecule has 6 rings (SSSR count). The van der Waals surface area contributed by atoms with Crippen molar-refractivity contribution < 1.29 is 65.9 Å². The van der Waals surface area contributed by atoms with Crippen LogP contribution in [0, 0.1) is 0 Å². The van der Waals surface area contributed by atoms with Crippen molar-refractivity contribution in [2.75, 3.05) is 69.1 Å². The van der Waals surface area contributed by atoms with Gasteiger partial charge in [-0.3, -0.25) is 50.2 Å². The van der Waals surface area contributed by atoms with Gasteiger partial charge in [0.15, 0.2) is 0 Å². The van der Waals surface area contributed by atoms with E-state index < -0.39 is 82.8 Å². The summed E-state index contributed by atoms with van der Waals surface area (Å²) in [7, 11) is -0.945. The molecular formula is C46H65Cl2N9O14P4. The second kappa shape index (κ2) is 32.5. The van der Waals surface area contributed by atoms with E-state index in [4.69, 9.17) is 36.3 Å². The van der Waals surface area contributed by atoms with Crippen molar-refractivity contribution in [2.24, 2.45) is 0 Å². The molecule has 0 radical (unpaired) electrons. The van der Waals surface area contributed by atoms with Crippen LogP contribution in [0.2, 0.25) is 0 Å². The van der Waals surface area contributed by atoms with E-state index in [1.807, 2.05) is 48.5 Å². The zero-order valence-electron chi connectivity index (χ0n) is 42.8. The normalized spacial score (nSPS) is 15.1. The van der Waals surface area contributed by atoms with Crippen LogP contribution in [0.4, 0.5) is 0 Å². The largest absolute Gasteiger partial charge is 0.468 e. The minimum atomic E-state index is -3.75. The Morgan fingerprint density at radius 1 is 0.533 bits per heavy atom. The molecule has 29 heteroatoms. The highest BCUT2D eigenvalue weighted by Gasteiger charge is 2.36. The van der Waals surface area contributed by atoms with Crippen molar-refractivity contribution in [1.29, 1.82) is 0 Å². The van der Waals surface area contributed by atoms with Gasteiger partial charge in [0, 0.05) is 63.8 Å². The van der Waals surface area contributed by atoms with Gasteiger partial charge in [0.25, 0.3) is 15.0 Å². The Kier molecular flexibility index (Phi) is 28.6. The second-order valence-electron chi connectivity index (χ2n) is 15.6. The highest BCUT2D eigenvalue weighted by atomic mass is 35.9. The fourth-order valence-electron chi connectivity index (χ4n) is 6.33. The van der Waals surface area contributed by atoms with E-state index in [1.165, 1.54) is 51.5 Å². The number of imidazole rings is 3. The summed E-state index contributed by atoms with van der Waals surface area (Å²) in [5.74, 6) is -4.23. The summed E-state index contributed by atoms with van der Waals surface area (Å²) in [6.07, 6.45) is 11.6. The number of benzene rings is 3. The number of aliphatic hydroxyl groups excluding tert-OH is 1. The molecule has 0 aliphatic carbocycles. The molecule has 0 aliphatic heterocycles. The number of carbonyl (C=O) groups is 3. The van der Waals surface area contributed by atoms with Crippen molar-refractivity contribution in [2.45, 2.75) is 36.4 Å². The highest BCUT2D eigenvalue weighted by molar-refractivity contribution is 8.08. The van der Waals surface area contributed by atoms with Gasteiger partial charge < -0.3 is 44.7 Å². The van der Waals surface area contributed by atoms with Crippen LogP contribution in [0.15, 0.2) is 147 Å². The third kappa shape index (κ3) is 23.0. The molecule has 0 spiro atoms. The number of nitrogens with one attached hydrogen (secondary N) is 3. The summed E-state index contributed by atoms with van der Waals surface area (Å²) >= 11 is 9.70. The van der Waals surface area contributed by atoms with Crippen LogP contribution < -0.4 is 16.0 Å². The number of ether oxygens (including phenoxy) is 3. The van der Waals surface area contributed by atoms with Crippen LogP contribution in [0.25, 0.3) is 0 Å². The number of hydrogen-bond acceptors (Lipinski definition) is 19. The number of likely N-dealkylation sites (N-methyl/N-ethyl adjacent to an activating group) is 3. The lowest BCUT2D eigenvalue weighted by Gasteiger charge is -2.28. The Labute approximate surface area is 446 Å². The third-order valence-electron chi connectivity index (χ3n) is 9.98. The van der Waals surface area contributed by atoms with Crippen molar-refractivity contribution in [3.05, 3.63) is 164 Å². The third-order valence-corrected chi connectivity index (χ3v) is 14.5. The SMILES string of the molecule is CNC(C(=O)OC)C(O)c1ccccc1.CNC(C(=O)OC)C(OP(C)(=O)O)c1ccccc1.CNC(C(=O)OC)C(OP(C)(=O)n1ccnc1)c1ccccc1.CP(=O)(Cl)Cl.CP(=O)(n1ccnc1)n1ccnc1. The number of aliphatic hydroxyl groups is 1. The quantitative estimate of drug-likeness (QED) is 0.0299. The molecule has 3 heterocycles. The molecule has 0 amide bonds. The number of aromatic nitrogens is 6. The Bertz CT molecular complexity index is 2720. The number of carbonyl (C=O) groups excluding carboxylic acids is 3. The lowest BCUT2D eigenvalue weighted by atomic mass is 10.0. The van der Waals surface area contributed by atoms with Crippen LogP contribution in [-0.2, 0) is 55.9 Å². The minimum absolute atomic E-state index is 0.478. The van der Waals surface area contributed by atoms with Gasteiger partial charge in [-0.25, -0.2) is 15.0 Å². The van der Waals surface area contributed by atoms with E-state index in [9.17, 15) is 42.6 Å². The second-order valence-corrected chi connectivity index (χ2v) is 28.1. The molecule has 0 saturated heterocycles. The molecule has 6 aromatic rings. The molecular weight excluding hydrogens is 1100 g/mol. The van der Waals surface area contributed by atoms with Gasteiger partial charge in [0.2, 0.25) is 5.85 Å². The summed E-state index contributed by atoms with van der Waals surface area (Å²) in [6.45, 7) is 5.49. The van der Waals surface area contributed by atoms with Crippen LogP contribution in [0.1, 0.15) is 35.0 Å². The lowest BCUT2D eigenvalue weighted by molar-refractivity contribution is -0.147. The van der Waals surface area contributed by atoms with Gasteiger partial charge >= 0.3 is 25.5 Å². The molecule has 412 valence electrons. The average Bonchev–Trinajstić information content (AvgIpc) is 4.23. The first-order chi connectivity index (χ1) is 35.3. The van der Waals surface area contributed by atoms with E-state index in [0.29, 0.717) is 11.1 Å². The van der Waals surface area contributed by atoms with Crippen molar-refractivity contribution in [3.63, 3.8) is 0 Å². The molecule has 8 atom stereocenters. The Morgan fingerprint density at radius 2 is 0.840 bits per heavy atom. The molecule has 75 heavy (non-hydrogen) atoms. The minimum Gasteiger partial charge on any atom is -0.468 e. The molecule has 3 aromatic heterocycles. The predicted molar refractivity (Wildman–Crippen MR) is 287 cm³/mol. The summed E-state index contributed by atoms with van der Waals surface area (Å²) in [5.41, 5.74) is 2.02. The van der Waals surface area contributed by atoms with Crippen LogP contribution in [-0.4, -0.2) is 143 Å². The fourth-order valence-corrected chi connectivity index (χ4v) is 9.68. The van der Waals surface area contributed by atoms with E-state index in [-0.39, 0.29) is 0 Å². The van der Waals surface area contributed by atoms with E-state index in [2.05, 4.69) is 40.4 Å². The van der Waals surface area contributed by atoms with Gasteiger partial charge in [0.1, 0.15) is 55.4 Å². The maximum absolute atomic E-state index is 12.9. The molecule has 3 aromatic carbocycles. The first-order valence-corrected chi connectivity index (χ1v) is 32.2. The standard InChI is InChI=1S/C15H20N3O4P.C12H18NO5P.C11H15NO3.C7H9N4OP.CH3Cl2OP/c1-16-13(15(19)21-2)14(12-7-5-4-6-8-12)22-23(3,20)18-10-9-17-11-18;1-13-10(12(14)17-2)11(18-19(3,15)16)9-7-5-4-6-8-9;1-12-9(11(14)15-2)10(13)8-6-4-3-5-7-8;1-13(12,10-4-2-8-6-10)11-5-3-9-7-11;1-5(2,3)4/h4-11,13-14,16H,1-3H3;4-8,10-11,13H,1-3H3,(H,15,16);3-7,9-10,12-13H,1-2H3;2-7H,1H3;1H3. The number of methoxy groups -OCH3 is 3. The van der Waals surface area contributed by atoms with Crippen LogP contribution in [0.5, 0.6) is 0 Å². The fraction of sp³-hybridized carbons (Fsp3) is 0.348. The highest BCUT2D eigenvalue weighted by Crippen LogP contribution is 2.52. The molecule has 5 N–H and O–H groups in total. The predicted octanol–water partition coefficient (Wildman–Crippen LogP) is 7.46. The molecule has 8 unspecified atom stereocenters. The van der Waals surface area contributed by atoms with Gasteiger partial charge in [-0.05, 0) is 60.3 Å². The zero-order chi connectivity index (χ0) is 56.4. The summed E-state index contributed by atoms with van der Waals surface area (Å²) in [6, 6.07) is 24.5. The van der Waals surface area contributed by atoms with E-state index in [1.54, 1.807) is 123 Å². The number of rotatable bonds is 19. The lowest BCUT2D eigenvalue weighted by Crippen LogP contribution is -2.41. The Hall–Kier alpha value is -5.08. The molecule has 0 aliphatic rings. The summed E-state index contributed by atoms with van der Waals surface area (Å²) < 4.78 is 76.0. The monoisotopic (exact) mass is 1160 g/mol. The van der Waals surface area contributed by atoms with Gasteiger partial charge in [-0.2, -0.15) is 0 Å². The first kappa shape index (κ1) is 66.0. The maximum Gasteiger partial charge on any atom is 0.325 e. The molecule has 0 bridgehead atoms. The molecule has 0 saturated carbocycles. The average molecular weight is 1160 g/mol. The molecule has 23 nitrogen and oxygen atoms in total. The van der Waals surface area contributed by atoms with Crippen LogP contribution in [0.3, 0.4) is 0 Å². The number of halogens is 2. The summed E-state index contributed by atoms with van der Waals surface area (Å²) in [5, 5.41) is 18.3. The van der Waals surface area contributed by atoms with Crippen molar-refractivity contribution in [1.82, 2.24) is 43.9 Å². The van der Waals surface area contributed by atoms with Gasteiger partial charge in [0.05, 0.1) is 21.3 Å². The van der Waals surface area contributed by atoms with Gasteiger partial charge in [-0.1, -0.05) is 91.0 Å². The first-order valence-electron chi connectivity index (χ1n) is 22.1. The smallest absolute Gasteiger partial charge is 0.325 e. The van der Waals surface area contributed by atoms with Crippen molar-refractivity contribution in [3.8, 4) is 0 Å². The van der Waals surface area contributed by atoms with E-state index >= 15 is 0 Å². The van der Waals surface area contributed by atoms with Crippen molar-refractivity contribution >= 4 is 68.8 Å². The topological polar surface area (TPSA) is 296 Å².